The lowest BCUT2D eigenvalue weighted by Gasteiger charge is -2.25. The average Bonchev–Trinajstić information content (AvgIpc) is 3.23. The van der Waals surface area contributed by atoms with Gasteiger partial charge in [0.25, 0.3) is 0 Å². The third kappa shape index (κ3) is 2.65. The van der Waals surface area contributed by atoms with Gasteiger partial charge in [0.05, 0.1) is 18.8 Å². The van der Waals surface area contributed by atoms with E-state index < -0.39 is 0 Å². The highest BCUT2D eigenvalue weighted by Crippen LogP contribution is 2.32. The van der Waals surface area contributed by atoms with Crippen LogP contribution in [0.25, 0.3) is 15.7 Å². The van der Waals surface area contributed by atoms with Gasteiger partial charge in [-0.15, -0.1) is 15.3 Å². The number of morpholine rings is 1. The average molecular weight is 345 g/mol. The van der Waals surface area contributed by atoms with Gasteiger partial charge in [0, 0.05) is 13.1 Å². The lowest BCUT2D eigenvalue weighted by atomic mass is 10.2. The summed E-state index contributed by atoms with van der Waals surface area (Å²) in [5.74, 6) is 0.951. The molecule has 0 radical (unpaired) electrons. The van der Waals surface area contributed by atoms with Gasteiger partial charge in [-0.3, -0.25) is 0 Å². The first-order chi connectivity index (χ1) is 11.7. The summed E-state index contributed by atoms with van der Waals surface area (Å²) in [6.45, 7) is 2.74. The van der Waals surface area contributed by atoms with E-state index in [-0.39, 0.29) is 11.7 Å². The zero-order valence-corrected chi connectivity index (χ0v) is 13.5. The topological polar surface area (TPSA) is 115 Å². The van der Waals surface area contributed by atoms with E-state index in [0.717, 1.165) is 13.1 Å². The van der Waals surface area contributed by atoms with Gasteiger partial charge in [-0.2, -0.15) is 9.67 Å². The molecule has 1 aliphatic heterocycles. The maximum atomic E-state index is 9.93. The fourth-order valence-electron chi connectivity index (χ4n) is 2.42. The standard InChI is InChI=1S/C14H15N7O2S/c15-12-16-13(20-5-7-23-8-6-20)19-21(12)14-18-17-11(24-14)9-3-1-2-4-10(9)22/h1-4,22H,5-8H2,(H2,15,16,19). The number of nitrogens with two attached hydrogens (primary N) is 1. The SMILES string of the molecule is Nc1nc(N2CCOCC2)nn1-c1nnc(-c2ccccc2O)s1. The van der Waals surface area contributed by atoms with Crippen molar-refractivity contribution < 1.29 is 9.84 Å². The van der Waals surface area contributed by atoms with Crippen molar-refractivity contribution >= 4 is 23.2 Å². The summed E-state index contributed by atoms with van der Waals surface area (Å²) in [6, 6.07) is 6.97. The molecule has 3 aromatic rings. The monoisotopic (exact) mass is 345 g/mol. The summed E-state index contributed by atoms with van der Waals surface area (Å²) in [5, 5.41) is 23.7. The number of para-hydroxylation sites is 1. The Morgan fingerprint density at radius 1 is 1.17 bits per heavy atom. The highest BCUT2D eigenvalue weighted by atomic mass is 32.1. The Hall–Kier alpha value is -2.72. The van der Waals surface area contributed by atoms with Crippen LogP contribution >= 0.6 is 11.3 Å². The van der Waals surface area contributed by atoms with Crippen molar-refractivity contribution in [3.05, 3.63) is 24.3 Å². The summed E-state index contributed by atoms with van der Waals surface area (Å²) in [5.41, 5.74) is 6.60. The van der Waals surface area contributed by atoms with Gasteiger partial charge in [0.1, 0.15) is 5.75 Å². The second-order valence-corrected chi connectivity index (χ2v) is 6.14. The van der Waals surface area contributed by atoms with E-state index >= 15 is 0 Å². The minimum atomic E-state index is 0.153. The van der Waals surface area contributed by atoms with Crippen molar-refractivity contribution in [1.29, 1.82) is 0 Å². The summed E-state index contributed by atoms with van der Waals surface area (Å²) in [4.78, 5) is 6.31. The van der Waals surface area contributed by atoms with Crippen LogP contribution in [0.2, 0.25) is 0 Å². The number of hydrogen-bond acceptors (Lipinski definition) is 9. The Balaban J connectivity index is 1.65. The minimum absolute atomic E-state index is 0.153. The third-order valence-electron chi connectivity index (χ3n) is 3.64. The predicted molar refractivity (Wildman–Crippen MR) is 89.4 cm³/mol. The lowest BCUT2D eigenvalue weighted by molar-refractivity contribution is 0.122. The Morgan fingerprint density at radius 2 is 1.96 bits per heavy atom. The van der Waals surface area contributed by atoms with E-state index in [2.05, 4.69) is 20.3 Å². The maximum absolute atomic E-state index is 9.93. The first-order valence-electron chi connectivity index (χ1n) is 7.40. The minimum Gasteiger partial charge on any atom is -0.507 e. The molecule has 3 N–H and O–H groups in total. The first-order valence-corrected chi connectivity index (χ1v) is 8.21. The van der Waals surface area contributed by atoms with Gasteiger partial charge in [-0.25, -0.2) is 0 Å². The van der Waals surface area contributed by atoms with Crippen molar-refractivity contribution in [3.63, 3.8) is 0 Å². The predicted octanol–water partition coefficient (Wildman–Crippen LogP) is 0.910. The number of ether oxygens (including phenoxy) is 1. The van der Waals surface area contributed by atoms with Gasteiger partial charge < -0.3 is 20.5 Å². The molecule has 0 spiro atoms. The van der Waals surface area contributed by atoms with E-state index in [0.29, 0.717) is 34.9 Å². The van der Waals surface area contributed by atoms with Crippen molar-refractivity contribution in [2.24, 2.45) is 0 Å². The van der Waals surface area contributed by atoms with E-state index in [1.165, 1.54) is 16.0 Å². The molecule has 3 heterocycles. The van der Waals surface area contributed by atoms with E-state index in [1.54, 1.807) is 18.2 Å². The fourth-order valence-corrected chi connectivity index (χ4v) is 3.25. The largest absolute Gasteiger partial charge is 0.507 e. The van der Waals surface area contributed by atoms with E-state index in [4.69, 9.17) is 10.5 Å². The summed E-state index contributed by atoms with van der Waals surface area (Å²) in [7, 11) is 0. The van der Waals surface area contributed by atoms with Gasteiger partial charge in [0.2, 0.25) is 17.0 Å². The smallest absolute Gasteiger partial charge is 0.247 e. The van der Waals surface area contributed by atoms with Crippen LogP contribution in [0.5, 0.6) is 5.75 Å². The lowest BCUT2D eigenvalue weighted by Crippen LogP contribution is -2.37. The normalized spacial score (nSPS) is 14.9. The molecule has 1 aromatic carbocycles. The second-order valence-electron chi connectivity index (χ2n) is 5.19. The van der Waals surface area contributed by atoms with Gasteiger partial charge in [0.15, 0.2) is 5.01 Å². The Kier molecular flexibility index (Phi) is 3.75. The molecule has 0 unspecified atom stereocenters. The molecule has 9 nitrogen and oxygen atoms in total. The molecule has 124 valence electrons. The molecule has 0 amide bonds. The highest BCUT2D eigenvalue weighted by Gasteiger charge is 2.20. The third-order valence-corrected chi connectivity index (χ3v) is 4.58. The maximum Gasteiger partial charge on any atom is 0.247 e. The summed E-state index contributed by atoms with van der Waals surface area (Å²) >= 11 is 1.28. The van der Waals surface area contributed by atoms with Crippen LogP contribution < -0.4 is 10.6 Å². The van der Waals surface area contributed by atoms with Crippen molar-refractivity contribution in [1.82, 2.24) is 25.0 Å². The molecular weight excluding hydrogens is 330 g/mol. The highest BCUT2D eigenvalue weighted by molar-refractivity contribution is 7.17. The quantitative estimate of drug-likeness (QED) is 0.720. The molecule has 0 atom stereocenters. The number of rotatable bonds is 3. The second kappa shape index (κ2) is 6.06. The van der Waals surface area contributed by atoms with E-state index in [9.17, 15) is 5.11 Å². The number of phenols is 1. The molecule has 0 aliphatic carbocycles. The molecule has 1 aliphatic rings. The molecule has 24 heavy (non-hydrogen) atoms. The molecule has 0 saturated carbocycles. The van der Waals surface area contributed by atoms with Gasteiger partial charge in [-0.1, -0.05) is 23.5 Å². The van der Waals surface area contributed by atoms with Crippen LogP contribution in [0.3, 0.4) is 0 Å². The number of nitrogens with zero attached hydrogens (tertiary/aromatic N) is 6. The Morgan fingerprint density at radius 3 is 2.75 bits per heavy atom. The Bertz CT molecular complexity index is 856. The zero-order valence-electron chi connectivity index (χ0n) is 12.7. The molecule has 10 heteroatoms. The van der Waals surface area contributed by atoms with Crippen LogP contribution in [0.4, 0.5) is 11.9 Å². The number of hydrogen-bond donors (Lipinski definition) is 2. The number of phenolic OH excluding ortho intramolecular Hbond substituents is 1. The number of benzene rings is 1. The van der Waals surface area contributed by atoms with Crippen LogP contribution in [0, 0.1) is 0 Å². The van der Waals surface area contributed by atoms with Gasteiger partial charge in [-0.05, 0) is 12.1 Å². The van der Waals surface area contributed by atoms with E-state index in [1.807, 2.05) is 11.0 Å². The number of aromatic nitrogens is 5. The molecule has 1 fully saturated rings. The van der Waals surface area contributed by atoms with Gasteiger partial charge >= 0.3 is 0 Å². The van der Waals surface area contributed by atoms with Crippen LogP contribution in [-0.2, 0) is 4.74 Å². The molecular formula is C14H15N7O2S. The molecule has 4 rings (SSSR count). The molecule has 0 bridgehead atoms. The Labute approximate surface area is 141 Å². The molecule has 2 aromatic heterocycles. The van der Waals surface area contributed by atoms with Crippen LogP contribution in [0.15, 0.2) is 24.3 Å². The van der Waals surface area contributed by atoms with Crippen LogP contribution in [-0.4, -0.2) is 56.4 Å². The van der Waals surface area contributed by atoms with Crippen molar-refractivity contribution in [2.75, 3.05) is 36.9 Å². The number of nitrogen functional groups attached to an aromatic ring is 1. The summed E-state index contributed by atoms with van der Waals surface area (Å²) < 4.78 is 6.79. The van der Waals surface area contributed by atoms with Crippen molar-refractivity contribution in [2.45, 2.75) is 0 Å². The van der Waals surface area contributed by atoms with Crippen LogP contribution in [0.1, 0.15) is 0 Å². The molecule has 1 saturated heterocycles. The van der Waals surface area contributed by atoms with Crippen molar-refractivity contribution in [3.8, 4) is 21.5 Å². The fraction of sp³-hybridized carbons (Fsp3) is 0.286. The number of aromatic hydroxyl groups is 1. The summed E-state index contributed by atoms with van der Waals surface area (Å²) in [6.07, 6.45) is 0. The number of anilines is 2. The zero-order chi connectivity index (χ0) is 16.5. The first kappa shape index (κ1) is 14.8.